The molecule has 4 nitrogen and oxygen atoms in total. The van der Waals surface area contributed by atoms with E-state index in [0.717, 1.165) is 18.2 Å². The highest BCUT2D eigenvalue weighted by molar-refractivity contribution is 5.56. The summed E-state index contributed by atoms with van der Waals surface area (Å²) in [6, 6.07) is 11.8. The van der Waals surface area contributed by atoms with E-state index in [4.69, 9.17) is 0 Å². The molecule has 4 heteroatoms. The Hall–Kier alpha value is -2.36. The molecule has 2 aromatic rings. The summed E-state index contributed by atoms with van der Waals surface area (Å²) in [6.45, 7) is 0.813. The molecule has 0 aromatic carbocycles. The van der Waals surface area contributed by atoms with Crippen LogP contribution >= 0.6 is 0 Å². The summed E-state index contributed by atoms with van der Waals surface area (Å²) in [6.07, 6.45) is 7.68. The molecule has 3 rings (SSSR count). The predicted octanol–water partition coefficient (Wildman–Crippen LogP) is 2.23. The zero-order valence-corrected chi connectivity index (χ0v) is 9.27. The zero-order valence-electron chi connectivity index (χ0n) is 9.27. The molecule has 0 N–H and O–H groups in total. The highest BCUT2D eigenvalue weighted by Gasteiger charge is 2.19. The topological polar surface area (TPSA) is 32.3 Å². The van der Waals surface area contributed by atoms with Crippen LogP contribution in [-0.2, 0) is 0 Å². The minimum Gasteiger partial charge on any atom is -0.259 e. The first-order valence-corrected chi connectivity index (χ1v) is 5.50. The van der Waals surface area contributed by atoms with Crippen molar-refractivity contribution in [3.63, 3.8) is 0 Å². The van der Waals surface area contributed by atoms with Crippen LogP contribution in [0.4, 0.5) is 11.6 Å². The van der Waals surface area contributed by atoms with E-state index in [1.165, 1.54) is 0 Å². The van der Waals surface area contributed by atoms with Crippen LogP contribution in [0.15, 0.2) is 61.1 Å². The summed E-state index contributed by atoms with van der Waals surface area (Å²) in [5.41, 5.74) is 0. The Morgan fingerprint density at radius 1 is 0.882 bits per heavy atom. The number of anilines is 2. The number of pyridine rings is 2. The average molecular weight is 224 g/mol. The number of aromatic nitrogens is 2. The Morgan fingerprint density at radius 3 is 2.24 bits per heavy atom. The van der Waals surface area contributed by atoms with Gasteiger partial charge in [0.25, 0.3) is 0 Å². The van der Waals surface area contributed by atoms with Crippen molar-refractivity contribution in [1.82, 2.24) is 9.97 Å². The van der Waals surface area contributed by atoms with Crippen LogP contribution in [0.25, 0.3) is 0 Å². The molecule has 0 bridgehead atoms. The third-order valence-electron chi connectivity index (χ3n) is 2.58. The maximum Gasteiger partial charge on any atom is 0.151 e. The van der Waals surface area contributed by atoms with Crippen LogP contribution in [0.5, 0.6) is 0 Å². The van der Waals surface area contributed by atoms with Gasteiger partial charge in [-0.2, -0.15) is 0 Å². The molecule has 0 unspecified atom stereocenters. The maximum absolute atomic E-state index is 4.35. The Bertz CT molecular complexity index is 509. The Labute approximate surface area is 99.8 Å². The van der Waals surface area contributed by atoms with E-state index in [0.29, 0.717) is 0 Å². The van der Waals surface area contributed by atoms with Crippen molar-refractivity contribution in [3.8, 4) is 0 Å². The lowest BCUT2D eigenvalue weighted by molar-refractivity contribution is 0.881. The SMILES string of the molecule is C1=CN(c2ccccn2)N(c2ccccn2)C1. The van der Waals surface area contributed by atoms with Gasteiger partial charge in [-0.25, -0.2) is 15.0 Å². The summed E-state index contributed by atoms with van der Waals surface area (Å²) >= 11 is 0. The Kier molecular flexibility index (Phi) is 2.46. The molecule has 1 aliphatic heterocycles. The van der Waals surface area contributed by atoms with Crippen LogP contribution < -0.4 is 10.0 Å². The minimum atomic E-state index is 0.813. The minimum absolute atomic E-state index is 0.813. The van der Waals surface area contributed by atoms with Crippen molar-refractivity contribution in [3.05, 3.63) is 61.1 Å². The second kappa shape index (κ2) is 4.25. The fraction of sp³-hybridized carbons (Fsp3) is 0.0769. The molecule has 0 fully saturated rings. The van der Waals surface area contributed by atoms with E-state index in [1.807, 2.05) is 47.6 Å². The summed E-state index contributed by atoms with van der Waals surface area (Å²) in [5, 5.41) is 4.07. The molecule has 3 heterocycles. The first kappa shape index (κ1) is 9.84. The zero-order chi connectivity index (χ0) is 11.5. The van der Waals surface area contributed by atoms with E-state index in [2.05, 4.69) is 21.1 Å². The van der Waals surface area contributed by atoms with Crippen molar-refractivity contribution in [2.45, 2.75) is 0 Å². The molecule has 1 aliphatic rings. The van der Waals surface area contributed by atoms with Crippen LogP contribution in [0.3, 0.4) is 0 Å². The first-order valence-electron chi connectivity index (χ1n) is 5.50. The van der Waals surface area contributed by atoms with E-state index in [9.17, 15) is 0 Å². The fourth-order valence-corrected chi connectivity index (χ4v) is 1.81. The van der Waals surface area contributed by atoms with Crippen molar-refractivity contribution in [2.24, 2.45) is 0 Å². The molecular weight excluding hydrogens is 212 g/mol. The average Bonchev–Trinajstić information content (AvgIpc) is 2.90. The van der Waals surface area contributed by atoms with Gasteiger partial charge < -0.3 is 0 Å². The molecule has 0 spiro atoms. The Balaban J connectivity index is 1.93. The smallest absolute Gasteiger partial charge is 0.151 e. The fourth-order valence-electron chi connectivity index (χ4n) is 1.81. The van der Waals surface area contributed by atoms with Gasteiger partial charge in [-0.3, -0.25) is 5.01 Å². The van der Waals surface area contributed by atoms with Gasteiger partial charge in [0.1, 0.15) is 5.82 Å². The summed E-state index contributed by atoms with van der Waals surface area (Å²) in [5.74, 6) is 1.81. The summed E-state index contributed by atoms with van der Waals surface area (Å²) in [7, 11) is 0. The lowest BCUT2D eigenvalue weighted by atomic mass is 10.4. The molecule has 17 heavy (non-hydrogen) atoms. The molecule has 0 saturated carbocycles. The van der Waals surface area contributed by atoms with Gasteiger partial charge in [0.05, 0.1) is 6.54 Å². The molecule has 2 aromatic heterocycles. The normalized spacial score (nSPS) is 14.4. The van der Waals surface area contributed by atoms with Crippen molar-refractivity contribution in [2.75, 3.05) is 16.6 Å². The van der Waals surface area contributed by atoms with E-state index < -0.39 is 0 Å². The standard InChI is InChI=1S/C13H12N4/c1-3-8-14-12(6-1)16-10-5-11-17(16)13-7-2-4-9-15-13/h1-10H,11H2. The number of rotatable bonds is 2. The van der Waals surface area contributed by atoms with Gasteiger partial charge in [-0.05, 0) is 30.3 Å². The molecule has 84 valence electrons. The van der Waals surface area contributed by atoms with Gasteiger partial charge >= 0.3 is 0 Å². The lowest BCUT2D eigenvalue weighted by Crippen LogP contribution is -2.36. The van der Waals surface area contributed by atoms with Crippen LogP contribution in [0.2, 0.25) is 0 Å². The van der Waals surface area contributed by atoms with Gasteiger partial charge in [0.2, 0.25) is 0 Å². The van der Waals surface area contributed by atoms with E-state index in [-0.39, 0.29) is 0 Å². The van der Waals surface area contributed by atoms with Crippen molar-refractivity contribution >= 4 is 11.6 Å². The summed E-state index contributed by atoms with van der Waals surface area (Å²) < 4.78 is 0. The van der Waals surface area contributed by atoms with Gasteiger partial charge in [-0.1, -0.05) is 12.1 Å². The second-order valence-electron chi connectivity index (χ2n) is 3.69. The third kappa shape index (κ3) is 1.85. The number of hydrazine groups is 1. The molecule has 0 saturated heterocycles. The van der Waals surface area contributed by atoms with E-state index >= 15 is 0 Å². The highest BCUT2D eigenvalue weighted by Crippen LogP contribution is 2.22. The first-order chi connectivity index (χ1) is 8.45. The largest absolute Gasteiger partial charge is 0.259 e. The molecular formula is C13H12N4. The van der Waals surface area contributed by atoms with E-state index in [1.54, 1.807) is 12.4 Å². The van der Waals surface area contributed by atoms with Crippen molar-refractivity contribution in [1.29, 1.82) is 0 Å². The van der Waals surface area contributed by atoms with Crippen LogP contribution in [-0.4, -0.2) is 16.5 Å². The number of nitrogens with zero attached hydrogens (tertiary/aromatic N) is 4. The molecule has 0 atom stereocenters. The maximum atomic E-state index is 4.35. The third-order valence-corrected chi connectivity index (χ3v) is 2.58. The second-order valence-corrected chi connectivity index (χ2v) is 3.69. The molecule has 0 aliphatic carbocycles. The van der Waals surface area contributed by atoms with Crippen LogP contribution in [0, 0.1) is 0 Å². The van der Waals surface area contributed by atoms with Crippen LogP contribution in [0.1, 0.15) is 0 Å². The number of hydrogen-bond donors (Lipinski definition) is 0. The van der Waals surface area contributed by atoms with Crippen molar-refractivity contribution < 1.29 is 0 Å². The Morgan fingerprint density at radius 2 is 1.59 bits per heavy atom. The molecule has 0 radical (unpaired) electrons. The quantitative estimate of drug-likeness (QED) is 0.783. The monoisotopic (exact) mass is 224 g/mol. The highest BCUT2D eigenvalue weighted by atomic mass is 15.7. The lowest BCUT2D eigenvalue weighted by Gasteiger charge is -2.28. The number of hydrogen-bond acceptors (Lipinski definition) is 4. The predicted molar refractivity (Wildman–Crippen MR) is 67.4 cm³/mol. The van der Waals surface area contributed by atoms with Gasteiger partial charge in [0, 0.05) is 18.6 Å². The van der Waals surface area contributed by atoms with Gasteiger partial charge in [0.15, 0.2) is 5.82 Å². The molecule has 0 amide bonds. The summed E-state index contributed by atoms with van der Waals surface area (Å²) in [4.78, 5) is 8.69. The van der Waals surface area contributed by atoms with Gasteiger partial charge in [-0.15, -0.1) is 0 Å².